The van der Waals surface area contributed by atoms with Crippen LogP contribution in [0.25, 0.3) is 44.2 Å². The average Bonchev–Trinajstić information content (AvgIpc) is 3.60. The van der Waals surface area contributed by atoms with Gasteiger partial charge in [0.1, 0.15) is 0 Å². The van der Waals surface area contributed by atoms with Crippen LogP contribution in [0.15, 0.2) is 138 Å². The number of fused-ring (bicyclic) bond motifs is 6. The van der Waals surface area contributed by atoms with E-state index in [0.29, 0.717) is 0 Å². The number of rotatable bonds is 4. The summed E-state index contributed by atoms with van der Waals surface area (Å²) in [6.45, 7) is 9.66. The molecule has 50 heavy (non-hydrogen) atoms. The molecule has 1 aromatic heterocycles. The van der Waals surface area contributed by atoms with Crippen LogP contribution in [-0.4, -0.2) is 4.57 Å². The van der Waals surface area contributed by atoms with Gasteiger partial charge in [0.2, 0.25) is 0 Å². The fourth-order valence-corrected chi connectivity index (χ4v) is 9.87. The Bertz CT molecular complexity index is 2460. The van der Waals surface area contributed by atoms with E-state index in [0.717, 1.165) is 32.1 Å². The number of anilines is 2. The predicted octanol–water partition coefficient (Wildman–Crippen LogP) is 13.1. The lowest BCUT2D eigenvalue weighted by atomic mass is 9.71. The molecule has 4 aromatic carbocycles. The van der Waals surface area contributed by atoms with Gasteiger partial charge in [-0.05, 0) is 126 Å². The maximum Gasteiger partial charge on any atom is 0.0581 e. The van der Waals surface area contributed by atoms with Crippen molar-refractivity contribution in [3.63, 3.8) is 0 Å². The SMILES string of the molecule is CC1(C)C2=C(C=CCC2)c2ccc(-c3ccc(N(C4=CC=CCC4)c4ccc5c(c4)c4cccc6c4n5C4=C(CCC=C4)C6(C)C)cc3)cc21. The van der Waals surface area contributed by atoms with Crippen LogP contribution in [0.5, 0.6) is 0 Å². The van der Waals surface area contributed by atoms with Gasteiger partial charge in [-0.25, -0.2) is 0 Å². The van der Waals surface area contributed by atoms with Crippen molar-refractivity contribution in [2.45, 2.75) is 77.0 Å². The molecule has 2 heteroatoms. The van der Waals surface area contributed by atoms with Crippen molar-refractivity contribution in [3.8, 4) is 11.1 Å². The van der Waals surface area contributed by atoms with E-state index in [9.17, 15) is 0 Å². The lowest BCUT2D eigenvalue weighted by Gasteiger charge is -2.37. The smallest absolute Gasteiger partial charge is 0.0581 e. The summed E-state index contributed by atoms with van der Waals surface area (Å²) in [7, 11) is 0. The van der Waals surface area contributed by atoms with Crippen LogP contribution in [0.1, 0.15) is 82.9 Å². The number of allylic oxidation sites excluding steroid dienone is 12. The number of benzene rings is 4. The summed E-state index contributed by atoms with van der Waals surface area (Å²) in [5.74, 6) is 0. The number of para-hydroxylation sites is 1. The molecule has 0 N–H and O–H groups in total. The Morgan fingerprint density at radius 2 is 1.36 bits per heavy atom. The number of hydrogen-bond acceptors (Lipinski definition) is 1. The summed E-state index contributed by atoms with van der Waals surface area (Å²) in [6, 6.07) is 30.6. The van der Waals surface area contributed by atoms with Gasteiger partial charge in [-0.1, -0.05) is 106 Å². The second kappa shape index (κ2) is 10.7. The van der Waals surface area contributed by atoms with Crippen molar-refractivity contribution in [3.05, 3.63) is 155 Å². The molecular weight excluding hydrogens is 605 g/mol. The molecule has 0 atom stereocenters. The van der Waals surface area contributed by atoms with E-state index < -0.39 is 0 Å². The Kier molecular flexibility index (Phi) is 6.38. The molecule has 246 valence electrons. The van der Waals surface area contributed by atoms with Crippen molar-refractivity contribution in [1.82, 2.24) is 4.57 Å². The summed E-state index contributed by atoms with van der Waals surface area (Å²) in [5, 5.41) is 2.67. The molecule has 4 aliphatic carbocycles. The van der Waals surface area contributed by atoms with E-state index >= 15 is 0 Å². The first-order valence-electron chi connectivity index (χ1n) is 18.6. The Morgan fingerprint density at radius 3 is 2.18 bits per heavy atom. The first kappa shape index (κ1) is 29.8. The molecule has 0 unspecified atom stereocenters. The largest absolute Gasteiger partial charge is 0.314 e. The molecule has 2 heterocycles. The zero-order chi connectivity index (χ0) is 33.8. The van der Waals surface area contributed by atoms with Gasteiger partial charge in [0.15, 0.2) is 0 Å². The lowest BCUT2D eigenvalue weighted by Crippen LogP contribution is -2.28. The van der Waals surface area contributed by atoms with Gasteiger partial charge in [-0.3, -0.25) is 0 Å². The highest BCUT2D eigenvalue weighted by Crippen LogP contribution is 2.52. The zero-order valence-electron chi connectivity index (χ0n) is 29.7. The minimum absolute atomic E-state index is 0.0152. The average molecular weight is 649 g/mol. The van der Waals surface area contributed by atoms with Gasteiger partial charge in [0, 0.05) is 44.4 Å². The van der Waals surface area contributed by atoms with Gasteiger partial charge in [-0.2, -0.15) is 0 Å². The van der Waals surface area contributed by atoms with Gasteiger partial charge in [0.05, 0.1) is 11.0 Å². The highest BCUT2D eigenvalue weighted by atomic mass is 15.1. The first-order chi connectivity index (χ1) is 24.3. The summed E-state index contributed by atoms with van der Waals surface area (Å²) >= 11 is 0. The quantitative estimate of drug-likeness (QED) is 0.188. The second-order valence-electron chi connectivity index (χ2n) is 15.9. The molecule has 2 nitrogen and oxygen atoms in total. The molecule has 5 aliphatic rings. The molecule has 5 aromatic rings. The molecule has 0 bridgehead atoms. The Labute approximate surface area is 296 Å². The molecule has 0 saturated carbocycles. The predicted molar refractivity (Wildman–Crippen MR) is 213 cm³/mol. The summed E-state index contributed by atoms with van der Waals surface area (Å²) in [4.78, 5) is 2.49. The topological polar surface area (TPSA) is 8.17 Å². The van der Waals surface area contributed by atoms with Crippen LogP contribution in [0.4, 0.5) is 11.4 Å². The van der Waals surface area contributed by atoms with Gasteiger partial charge >= 0.3 is 0 Å². The van der Waals surface area contributed by atoms with Crippen molar-refractivity contribution >= 4 is 44.5 Å². The van der Waals surface area contributed by atoms with Gasteiger partial charge in [0.25, 0.3) is 0 Å². The van der Waals surface area contributed by atoms with Crippen LogP contribution in [0.2, 0.25) is 0 Å². The van der Waals surface area contributed by atoms with Crippen LogP contribution >= 0.6 is 0 Å². The first-order valence-corrected chi connectivity index (χ1v) is 18.6. The third kappa shape index (κ3) is 4.14. The highest BCUT2D eigenvalue weighted by Gasteiger charge is 2.38. The molecule has 10 rings (SSSR count). The standard InChI is InChI=1S/C48H44N2/c1-47(2)40-17-9-8-15-36(40)37-27-23-32(29-43(37)47)31-21-24-34(25-22-31)49(33-13-6-5-7-14-33)35-26-28-44-39(30-35)38-16-12-19-42-46(38)50(44)45-20-11-10-18-41(45)48(42,3)4/h5-6,8,11-13,15-16,19-30H,7,9-10,14,17-18H2,1-4H3. The van der Waals surface area contributed by atoms with Crippen LogP contribution < -0.4 is 4.90 Å². The maximum absolute atomic E-state index is 2.56. The summed E-state index contributed by atoms with van der Waals surface area (Å²) < 4.78 is 2.56. The van der Waals surface area contributed by atoms with E-state index in [2.05, 4.69) is 159 Å². The van der Waals surface area contributed by atoms with Gasteiger partial charge in [-0.15, -0.1) is 0 Å². The Hall–Kier alpha value is -5.08. The number of hydrogen-bond donors (Lipinski definition) is 0. The highest BCUT2D eigenvalue weighted by molar-refractivity contribution is 6.14. The lowest BCUT2D eigenvalue weighted by molar-refractivity contribution is 0.585. The molecule has 1 aliphatic heterocycles. The van der Waals surface area contributed by atoms with E-state index in [1.807, 2.05) is 0 Å². The van der Waals surface area contributed by atoms with E-state index in [1.165, 1.54) is 84.4 Å². The normalized spacial score (nSPS) is 19.6. The summed E-state index contributed by atoms with van der Waals surface area (Å²) in [5.41, 5.74) is 19.4. The molecule has 0 fully saturated rings. The number of aromatic nitrogens is 1. The van der Waals surface area contributed by atoms with Crippen molar-refractivity contribution < 1.29 is 0 Å². The minimum Gasteiger partial charge on any atom is -0.314 e. The number of nitrogens with zero attached hydrogens (tertiary/aromatic N) is 2. The van der Waals surface area contributed by atoms with Crippen molar-refractivity contribution in [1.29, 1.82) is 0 Å². The summed E-state index contributed by atoms with van der Waals surface area (Å²) in [6.07, 6.45) is 22.9. The minimum atomic E-state index is 0.0152. The third-order valence-corrected chi connectivity index (χ3v) is 12.5. The van der Waals surface area contributed by atoms with E-state index in [1.54, 1.807) is 11.1 Å². The molecule has 0 radical (unpaired) electrons. The van der Waals surface area contributed by atoms with E-state index in [4.69, 9.17) is 0 Å². The van der Waals surface area contributed by atoms with Crippen LogP contribution in [-0.2, 0) is 10.8 Å². The van der Waals surface area contributed by atoms with E-state index in [-0.39, 0.29) is 10.8 Å². The Morgan fingerprint density at radius 1 is 0.620 bits per heavy atom. The second-order valence-corrected chi connectivity index (χ2v) is 15.9. The zero-order valence-corrected chi connectivity index (χ0v) is 29.7. The maximum atomic E-state index is 2.56. The van der Waals surface area contributed by atoms with Crippen LogP contribution in [0.3, 0.4) is 0 Å². The van der Waals surface area contributed by atoms with Crippen LogP contribution in [0, 0.1) is 0 Å². The Balaban J connectivity index is 1.08. The fraction of sp³-hybridized carbons (Fsp3) is 0.250. The molecule has 0 amide bonds. The van der Waals surface area contributed by atoms with Gasteiger partial charge < -0.3 is 9.47 Å². The molecule has 0 spiro atoms. The van der Waals surface area contributed by atoms with Crippen molar-refractivity contribution in [2.75, 3.05) is 4.90 Å². The van der Waals surface area contributed by atoms with Crippen molar-refractivity contribution in [2.24, 2.45) is 0 Å². The molecule has 0 saturated heterocycles. The third-order valence-electron chi connectivity index (χ3n) is 12.5. The fourth-order valence-electron chi connectivity index (χ4n) is 9.87. The molecular formula is C48H44N2. The monoisotopic (exact) mass is 648 g/mol.